The minimum atomic E-state index is 0.233. The molecule has 1 aromatic carbocycles. The van der Waals surface area contributed by atoms with Gasteiger partial charge in [0.25, 0.3) is 0 Å². The van der Waals surface area contributed by atoms with Crippen molar-refractivity contribution in [2.75, 3.05) is 0 Å². The number of carbonyl (C=O) groups excluding carboxylic acids is 1. The molecule has 0 saturated heterocycles. The van der Waals surface area contributed by atoms with E-state index >= 15 is 0 Å². The molecule has 1 nitrogen and oxygen atoms in total. The van der Waals surface area contributed by atoms with Crippen LogP contribution in [0.4, 0.5) is 0 Å². The van der Waals surface area contributed by atoms with Crippen molar-refractivity contribution in [2.24, 2.45) is 5.92 Å². The molecular formula is C12H12ClIO. The number of halogens is 2. The first-order valence-corrected chi connectivity index (χ1v) is 6.63. The van der Waals surface area contributed by atoms with Gasteiger partial charge < -0.3 is 0 Å². The van der Waals surface area contributed by atoms with Crippen molar-refractivity contribution in [1.29, 1.82) is 0 Å². The molecule has 0 N–H and O–H groups in total. The van der Waals surface area contributed by atoms with Crippen molar-refractivity contribution in [3.8, 4) is 0 Å². The number of hydrogen-bond acceptors (Lipinski definition) is 1. The average molecular weight is 335 g/mol. The highest BCUT2D eigenvalue weighted by Crippen LogP contribution is 2.30. The highest BCUT2D eigenvalue weighted by molar-refractivity contribution is 14.1. The predicted octanol–water partition coefficient (Wildman–Crippen LogP) is 4.32. The van der Waals surface area contributed by atoms with Crippen LogP contribution in [-0.4, -0.2) is 5.78 Å². The number of hydrogen-bond donors (Lipinski definition) is 0. The van der Waals surface area contributed by atoms with E-state index in [2.05, 4.69) is 22.6 Å². The molecule has 1 fully saturated rings. The normalized spacial score (nSPS) is 16.9. The van der Waals surface area contributed by atoms with Crippen LogP contribution in [0.2, 0.25) is 5.02 Å². The monoisotopic (exact) mass is 334 g/mol. The lowest BCUT2D eigenvalue weighted by molar-refractivity contribution is 0.0922. The molecule has 80 valence electrons. The summed E-state index contributed by atoms with van der Waals surface area (Å²) in [4.78, 5) is 12.2. The summed E-state index contributed by atoms with van der Waals surface area (Å²) in [6, 6.07) is 5.53. The van der Waals surface area contributed by atoms with Gasteiger partial charge in [-0.05, 0) is 53.6 Å². The maximum absolute atomic E-state index is 12.2. The lowest BCUT2D eigenvalue weighted by Crippen LogP contribution is -2.12. The maximum Gasteiger partial charge on any atom is 0.167 e. The van der Waals surface area contributed by atoms with Crippen LogP contribution in [0.3, 0.4) is 0 Å². The van der Waals surface area contributed by atoms with Gasteiger partial charge in [0.05, 0.1) is 0 Å². The molecule has 2 rings (SSSR count). The Labute approximate surface area is 108 Å². The van der Waals surface area contributed by atoms with Crippen LogP contribution in [0.25, 0.3) is 0 Å². The summed E-state index contributed by atoms with van der Waals surface area (Å²) in [5, 5.41) is 0.650. The summed E-state index contributed by atoms with van der Waals surface area (Å²) in [6.45, 7) is 0. The first-order chi connectivity index (χ1) is 7.18. The van der Waals surface area contributed by atoms with Crippen molar-refractivity contribution < 1.29 is 4.79 Å². The van der Waals surface area contributed by atoms with E-state index in [0.29, 0.717) is 5.02 Å². The summed E-state index contributed by atoms with van der Waals surface area (Å²) in [7, 11) is 0. The van der Waals surface area contributed by atoms with Gasteiger partial charge in [0.15, 0.2) is 5.78 Å². The largest absolute Gasteiger partial charge is 0.294 e. The van der Waals surface area contributed by atoms with Crippen molar-refractivity contribution in [3.05, 3.63) is 32.4 Å². The van der Waals surface area contributed by atoms with E-state index < -0.39 is 0 Å². The highest BCUT2D eigenvalue weighted by atomic mass is 127. The first kappa shape index (κ1) is 11.4. The lowest BCUT2D eigenvalue weighted by atomic mass is 9.96. The van der Waals surface area contributed by atoms with E-state index in [0.717, 1.165) is 22.0 Å². The molecule has 0 atom stereocenters. The minimum Gasteiger partial charge on any atom is -0.294 e. The number of ketones is 1. The van der Waals surface area contributed by atoms with Crippen LogP contribution >= 0.6 is 34.2 Å². The van der Waals surface area contributed by atoms with E-state index in [1.54, 1.807) is 6.07 Å². The fourth-order valence-electron chi connectivity index (χ4n) is 2.09. The summed E-state index contributed by atoms with van der Waals surface area (Å²) in [5.41, 5.74) is 0.801. The third kappa shape index (κ3) is 2.53. The number of rotatable bonds is 2. The zero-order valence-electron chi connectivity index (χ0n) is 8.30. The summed E-state index contributed by atoms with van der Waals surface area (Å²) in [6.07, 6.45) is 4.46. The third-order valence-corrected chi connectivity index (χ3v) is 4.10. The van der Waals surface area contributed by atoms with Gasteiger partial charge in [-0.25, -0.2) is 0 Å². The topological polar surface area (TPSA) is 17.1 Å². The Kier molecular flexibility index (Phi) is 3.67. The second-order valence-corrected chi connectivity index (χ2v) is 5.57. The van der Waals surface area contributed by atoms with E-state index in [9.17, 15) is 4.79 Å². The Morgan fingerprint density at radius 2 is 2.00 bits per heavy atom. The fourth-order valence-corrected chi connectivity index (χ4v) is 2.87. The molecule has 0 unspecified atom stereocenters. The lowest BCUT2D eigenvalue weighted by Gasteiger charge is -2.09. The van der Waals surface area contributed by atoms with E-state index in [1.807, 2.05) is 12.1 Å². The molecule has 15 heavy (non-hydrogen) atoms. The van der Waals surface area contributed by atoms with E-state index in [-0.39, 0.29) is 11.7 Å². The van der Waals surface area contributed by atoms with Gasteiger partial charge in [0, 0.05) is 20.1 Å². The molecule has 1 saturated carbocycles. The Hall–Kier alpha value is -0.0900. The van der Waals surface area contributed by atoms with Crippen molar-refractivity contribution in [1.82, 2.24) is 0 Å². The summed E-state index contributed by atoms with van der Waals surface area (Å²) < 4.78 is 1.01. The molecule has 1 aliphatic carbocycles. The first-order valence-electron chi connectivity index (χ1n) is 5.18. The Morgan fingerprint density at radius 3 is 2.67 bits per heavy atom. The van der Waals surface area contributed by atoms with Crippen LogP contribution in [0, 0.1) is 9.49 Å². The molecule has 0 bridgehead atoms. The van der Waals surface area contributed by atoms with Crippen molar-refractivity contribution in [3.63, 3.8) is 0 Å². The molecule has 0 spiro atoms. The Bertz CT molecular complexity index is 383. The Morgan fingerprint density at radius 1 is 1.33 bits per heavy atom. The third-order valence-electron chi connectivity index (χ3n) is 2.92. The van der Waals surface area contributed by atoms with Gasteiger partial charge in [0.1, 0.15) is 0 Å². The van der Waals surface area contributed by atoms with Crippen LogP contribution < -0.4 is 0 Å². The molecule has 0 amide bonds. The molecule has 1 aromatic rings. The average Bonchev–Trinajstić information content (AvgIpc) is 2.74. The molecular weight excluding hydrogens is 322 g/mol. The standard InChI is InChI=1S/C12H12ClIO/c13-9-5-6-11(14)10(7-9)12(15)8-3-1-2-4-8/h5-8H,1-4H2. The molecule has 0 radical (unpaired) electrons. The minimum absolute atomic E-state index is 0.233. The van der Waals surface area contributed by atoms with Gasteiger partial charge in [-0.1, -0.05) is 24.4 Å². The second kappa shape index (κ2) is 4.83. The van der Waals surface area contributed by atoms with Crippen molar-refractivity contribution >= 4 is 40.0 Å². The highest BCUT2D eigenvalue weighted by Gasteiger charge is 2.25. The second-order valence-electron chi connectivity index (χ2n) is 3.97. The van der Waals surface area contributed by atoms with Crippen LogP contribution in [0.5, 0.6) is 0 Å². The van der Waals surface area contributed by atoms with Gasteiger partial charge in [-0.2, -0.15) is 0 Å². The predicted molar refractivity (Wildman–Crippen MR) is 70.5 cm³/mol. The van der Waals surface area contributed by atoms with Crippen molar-refractivity contribution in [2.45, 2.75) is 25.7 Å². The molecule has 1 aliphatic rings. The smallest absolute Gasteiger partial charge is 0.167 e. The zero-order valence-corrected chi connectivity index (χ0v) is 11.2. The van der Waals surface area contributed by atoms with Crippen LogP contribution in [0.1, 0.15) is 36.0 Å². The van der Waals surface area contributed by atoms with Gasteiger partial charge in [-0.3, -0.25) is 4.79 Å². The van der Waals surface area contributed by atoms with Gasteiger partial charge in [-0.15, -0.1) is 0 Å². The van der Waals surface area contributed by atoms with E-state index in [1.165, 1.54) is 12.8 Å². The Balaban J connectivity index is 2.27. The van der Waals surface area contributed by atoms with Crippen LogP contribution in [0.15, 0.2) is 18.2 Å². The fraction of sp³-hybridized carbons (Fsp3) is 0.417. The summed E-state index contributed by atoms with van der Waals surface area (Å²) >= 11 is 8.11. The number of carbonyl (C=O) groups is 1. The van der Waals surface area contributed by atoms with Gasteiger partial charge >= 0.3 is 0 Å². The number of Topliss-reactive ketones (excluding diaryl/α,β-unsaturated/α-hetero) is 1. The molecule has 0 aliphatic heterocycles. The maximum atomic E-state index is 12.2. The molecule has 0 heterocycles. The SMILES string of the molecule is O=C(c1cc(Cl)ccc1I)C1CCCC1. The van der Waals surface area contributed by atoms with E-state index in [4.69, 9.17) is 11.6 Å². The molecule has 3 heteroatoms. The summed E-state index contributed by atoms with van der Waals surface area (Å²) in [5.74, 6) is 0.511. The van der Waals surface area contributed by atoms with Crippen LogP contribution in [-0.2, 0) is 0 Å². The number of benzene rings is 1. The quantitative estimate of drug-likeness (QED) is 0.581. The molecule has 0 aromatic heterocycles. The zero-order chi connectivity index (χ0) is 10.8. The van der Waals surface area contributed by atoms with Gasteiger partial charge in [0.2, 0.25) is 0 Å².